The fourth-order valence-corrected chi connectivity index (χ4v) is 4.16. The van der Waals surface area contributed by atoms with Gasteiger partial charge in [-0.2, -0.15) is 15.3 Å². The van der Waals surface area contributed by atoms with Crippen molar-refractivity contribution in [1.82, 2.24) is 29.1 Å². The van der Waals surface area contributed by atoms with Gasteiger partial charge in [0.15, 0.2) is 11.6 Å². The summed E-state index contributed by atoms with van der Waals surface area (Å²) in [6.45, 7) is 2.65. The van der Waals surface area contributed by atoms with Crippen LogP contribution in [-0.2, 0) is 0 Å². The third kappa shape index (κ3) is 2.90. The molecular weight excluding hydrogens is 418 g/mol. The highest BCUT2D eigenvalue weighted by atomic mass is 35.5. The molecular formula is C20H16ClN9O. The molecule has 5 heterocycles. The van der Waals surface area contributed by atoms with E-state index in [0.29, 0.717) is 34.6 Å². The van der Waals surface area contributed by atoms with Crippen LogP contribution in [0, 0.1) is 17.2 Å². The predicted molar refractivity (Wildman–Crippen MR) is 114 cm³/mol. The first-order chi connectivity index (χ1) is 15.0. The van der Waals surface area contributed by atoms with Gasteiger partial charge in [-0.25, -0.2) is 19.1 Å². The molecule has 0 amide bonds. The van der Waals surface area contributed by atoms with E-state index in [-0.39, 0.29) is 29.0 Å². The van der Waals surface area contributed by atoms with Crippen molar-refractivity contribution in [2.24, 2.45) is 5.92 Å². The molecule has 2 N–H and O–H groups in total. The molecule has 1 aliphatic rings. The molecule has 0 aromatic carbocycles. The molecule has 1 fully saturated rings. The minimum atomic E-state index is -0.346. The lowest BCUT2D eigenvalue weighted by Crippen LogP contribution is -2.51. The van der Waals surface area contributed by atoms with Gasteiger partial charge in [0, 0.05) is 24.9 Å². The minimum absolute atomic E-state index is 0.0648. The lowest BCUT2D eigenvalue weighted by Gasteiger charge is -2.47. The van der Waals surface area contributed by atoms with Crippen LogP contribution in [0.4, 0.5) is 11.8 Å². The Kier molecular flexibility index (Phi) is 4.34. The summed E-state index contributed by atoms with van der Waals surface area (Å²) in [6, 6.07) is 8.68. The smallest absolute Gasteiger partial charge is 0.285 e. The Morgan fingerprint density at radius 1 is 1.29 bits per heavy atom. The Balaban J connectivity index is 1.76. The molecule has 154 valence electrons. The lowest BCUT2D eigenvalue weighted by molar-refractivity contribution is 0.300. The van der Waals surface area contributed by atoms with Gasteiger partial charge in [-0.1, -0.05) is 24.6 Å². The van der Waals surface area contributed by atoms with Crippen molar-refractivity contribution in [2.45, 2.75) is 13.0 Å². The summed E-state index contributed by atoms with van der Waals surface area (Å²) < 4.78 is 2.94. The molecule has 0 aliphatic carbocycles. The number of rotatable bonds is 3. The topological polar surface area (TPSA) is 131 Å². The Hall–Kier alpha value is -3.97. The first kappa shape index (κ1) is 19.0. The van der Waals surface area contributed by atoms with Crippen molar-refractivity contribution in [3.63, 3.8) is 0 Å². The fraction of sp³-hybridized carbons (Fsp3) is 0.200. The minimum Gasteiger partial charge on any atom is -0.368 e. The number of hydrogen-bond donors (Lipinski definition) is 1. The molecule has 0 spiro atoms. The van der Waals surface area contributed by atoms with Crippen LogP contribution in [0.15, 0.2) is 47.7 Å². The van der Waals surface area contributed by atoms with Crippen LogP contribution in [0.1, 0.15) is 24.4 Å². The Labute approximate surface area is 181 Å². The number of nitrogen functional groups attached to an aromatic ring is 1. The van der Waals surface area contributed by atoms with Crippen molar-refractivity contribution in [2.75, 3.05) is 17.2 Å². The van der Waals surface area contributed by atoms with Crippen molar-refractivity contribution in [1.29, 1.82) is 5.26 Å². The van der Waals surface area contributed by atoms with Crippen LogP contribution < -0.4 is 16.2 Å². The molecule has 10 nitrogen and oxygen atoms in total. The van der Waals surface area contributed by atoms with Gasteiger partial charge in [0.25, 0.3) is 5.56 Å². The zero-order valence-corrected chi connectivity index (χ0v) is 17.1. The lowest BCUT2D eigenvalue weighted by atomic mass is 9.89. The van der Waals surface area contributed by atoms with Gasteiger partial charge in [-0.15, -0.1) is 0 Å². The molecule has 0 radical (unpaired) electrons. The van der Waals surface area contributed by atoms with Gasteiger partial charge < -0.3 is 10.6 Å². The number of nitrogens with two attached hydrogens (primary N) is 1. The molecule has 2 atom stereocenters. The number of aromatic nitrogens is 6. The van der Waals surface area contributed by atoms with Gasteiger partial charge in [-0.05, 0) is 18.2 Å². The summed E-state index contributed by atoms with van der Waals surface area (Å²) in [5.41, 5.74) is 6.01. The summed E-state index contributed by atoms with van der Waals surface area (Å²) in [6.07, 6.45) is 4.64. The Morgan fingerprint density at radius 3 is 2.84 bits per heavy atom. The molecule has 4 aromatic heterocycles. The van der Waals surface area contributed by atoms with Crippen molar-refractivity contribution < 1.29 is 0 Å². The highest BCUT2D eigenvalue weighted by Crippen LogP contribution is 2.41. The average molecular weight is 434 g/mol. The number of hydrogen-bond acceptors (Lipinski definition) is 8. The molecule has 0 bridgehead atoms. The third-order valence-corrected chi connectivity index (χ3v) is 5.65. The van der Waals surface area contributed by atoms with E-state index in [4.69, 9.17) is 22.4 Å². The van der Waals surface area contributed by atoms with E-state index in [1.807, 2.05) is 11.8 Å². The second-order valence-electron chi connectivity index (χ2n) is 7.30. The van der Waals surface area contributed by atoms with Gasteiger partial charge in [0.05, 0.1) is 17.3 Å². The largest absolute Gasteiger partial charge is 0.368 e. The number of nitrogens with zero attached hydrogens (tertiary/aromatic N) is 8. The zero-order valence-electron chi connectivity index (χ0n) is 16.3. The fourth-order valence-electron chi connectivity index (χ4n) is 3.94. The van der Waals surface area contributed by atoms with Crippen LogP contribution in [0.2, 0.25) is 5.02 Å². The van der Waals surface area contributed by atoms with E-state index < -0.39 is 0 Å². The maximum absolute atomic E-state index is 13.5. The van der Waals surface area contributed by atoms with Crippen molar-refractivity contribution in [3.8, 4) is 11.9 Å². The normalized spacial score (nSPS) is 18.0. The van der Waals surface area contributed by atoms with Crippen LogP contribution in [0.3, 0.4) is 0 Å². The standard InChI is InChI=1S/C20H16ClN9O/c1-11-10-28(17-12(8-22)9-25-20(23)26-17)15(11)18-27-29-7-5-13(21)16(29)19(31)30(18)14-4-2-3-6-24-14/h2-7,9,11,15H,10H2,1H3,(H2,23,25,26)/t11-,15-/m0/s1. The van der Waals surface area contributed by atoms with Gasteiger partial charge in [0.1, 0.15) is 23.0 Å². The van der Waals surface area contributed by atoms with Crippen LogP contribution in [-0.4, -0.2) is 35.7 Å². The van der Waals surface area contributed by atoms with E-state index >= 15 is 0 Å². The SMILES string of the molecule is C[C@H]1CN(c2nc(N)ncc2C#N)[C@@H]1c1nn2ccc(Cl)c2c(=O)n1-c1ccccn1. The molecule has 0 unspecified atom stereocenters. The molecule has 1 aliphatic heterocycles. The molecule has 4 aromatic rings. The maximum Gasteiger partial charge on any atom is 0.285 e. The van der Waals surface area contributed by atoms with E-state index in [1.165, 1.54) is 15.3 Å². The summed E-state index contributed by atoms with van der Waals surface area (Å²) in [5, 5.41) is 14.5. The average Bonchev–Trinajstić information content (AvgIpc) is 3.13. The third-order valence-electron chi connectivity index (χ3n) is 5.34. The molecule has 1 saturated heterocycles. The second-order valence-corrected chi connectivity index (χ2v) is 7.70. The maximum atomic E-state index is 13.5. The summed E-state index contributed by atoms with van der Waals surface area (Å²) in [4.78, 5) is 27.9. The summed E-state index contributed by atoms with van der Waals surface area (Å²) >= 11 is 6.26. The zero-order chi connectivity index (χ0) is 21.7. The quantitative estimate of drug-likeness (QED) is 0.518. The van der Waals surface area contributed by atoms with Gasteiger partial charge in [-0.3, -0.25) is 4.79 Å². The van der Waals surface area contributed by atoms with Gasteiger partial charge in [0.2, 0.25) is 5.95 Å². The molecule has 11 heteroatoms. The monoisotopic (exact) mass is 433 g/mol. The Bertz CT molecular complexity index is 1410. The Morgan fingerprint density at radius 2 is 2.13 bits per heavy atom. The summed E-state index contributed by atoms with van der Waals surface area (Å²) in [5.74, 6) is 1.48. The first-order valence-corrected chi connectivity index (χ1v) is 9.88. The highest BCUT2D eigenvalue weighted by molar-refractivity contribution is 6.33. The van der Waals surface area contributed by atoms with E-state index in [2.05, 4.69) is 21.0 Å². The van der Waals surface area contributed by atoms with Crippen molar-refractivity contribution in [3.05, 3.63) is 69.6 Å². The number of anilines is 2. The first-order valence-electron chi connectivity index (χ1n) is 9.50. The number of pyridine rings is 1. The highest BCUT2D eigenvalue weighted by Gasteiger charge is 2.43. The van der Waals surface area contributed by atoms with E-state index in [0.717, 1.165) is 0 Å². The predicted octanol–water partition coefficient (Wildman–Crippen LogP) is 1.97. The second kappa shape index (κ2) is 7.07. The van der Waals surface area contributed by atoms with E-state index in [9.17, 15) is 10.1 Å². The summed E-state index contributed by atoms with van der Waals surface area (Å²) in [7, 11) is 0. The van der Waals surface area contributed by atoms with Crippen LogP contribution in [0.25, 0.3) is 11.3 Å². The van der Waals surface area contributed by atoms with Crippen LogP contribution >= 0.6 is 11.6 Å². The van der Waals surface area contributed by atoms with Gasteiger partial charge >= 0.3 is 0 Å². The van der Waals surface area contributed by atoms with E-state index in [1.54, 1.807) is 36.7 Å². The molecule has 0 saturated carbocycles. The molecule has 5 rings (SSSR count). The number of fused-ring (bicyclic) bond motifs is 1. The van der Waals surface area contributed by atoms with Crippen LogP contribution in [0.5, 0.6) is 0 Å². The number of nitriles is 1. The van der Waals surface area contributed by atoms with Crippen molar-refractivity contribution >= 4 is 28.9 Å². The number of halogens is 1. The molecule has 31 heavy (non-hydrogen) atoms.